The molecule has 2 heterocycles. The second-order valence-corrected chi connectivity index (χ2v) is 8.85. The summed E-state index contributed by atoms with van der Waals surface area (Å²) < 4.78 is 5.55. The minimum atomic E-state index is -0.151. The first kappa shape index (κ1) is 22.4. The summed E-state index contributed by atoms with van der Waals surface area (Å²) in [5.74, 6) is 1.51. The minimum Gasteiger partial charge on any atom is -0.494 e. The van der Waals surface area contributed by atoms with E-state index >= 15 is 0 Å². The zero-order valence-electron chi connectivity index (χ0n) is 18.9. The number of carbonyl (C=O) groups is 2. The summed E-state index contributed by atoms with van der Waals surface area (Å²) in [5, 5.41) is 0. The van der Waals surface area contributed by atoms with Gasteiger partial charge in [-0.3, -0.25) is 14.5 Å². The van der Waals surface area contributed by atoms with Gasteiger partial charge >= 0.3 is 0 Å². The number of ether oxygens (including phenoxy) is 1. The second-order valence-electron chi connectivity index (χ2n) is 8.85. The summed E-state index contributed by atoms with van der Waals surface area (Å²) in [5.41, 5.74) is 1.95. The van der Waals surface area contributed by atoms with Crippen LogP contribution in [-0.4, -0.2) is 47.9 Å². The summed E-state index contributed by atoms with van der Waals surface area (Å²) in [7, 11) is 0. The van der Waals surface area contributed by atoms with Gasteiger partial charge in [-0.1, -0.05) is 52.2 Å². The molecule has 0 bridgehead atoms. The maximum absolute atomic E-state index is 13.4. The van der Waals surface area contributed by atoms with Crippen LogP contribution in [-0.2, 0) is 9.59 Å². The smallest absolute Gasteiger partial charge is 0.277 e. The van der Waals surface area contributed by atoms with E-state index in [1.165, 1.54) is 4.90 Å². The van der Waals surface area contributed by atoms with Gasteiger partial charge in [-0.2, -0.15) is 0 Å². The fourth-order valence-electron chi connectivity index (χ4n) is 4.75. The molecule has 30 heavy (non-hydrogen) atoms. The van der Waals surface area contributed by atoms with Crippen LogP contribution in [0.5, 0.6) is 5.75 Å². The Morgan fingerprint density at radius 1 is 0.933 bits per heavy atom. The first-order chi connectivity index (χ1) is 14.5. The van der Waals surface area contributed by atoms with Gasteiger partial charge in [0.05, 0.1) is 12.2 Å². The van der Waals surface area contributed by atoms with E-state index in [2.05, 4.69) is 25.7 Å². The minimum absolute atomic E-state index is 0.123. The van der Waals surface area contributed by atoms with Crippen LogP contribution < -0.4 is 4.74 Å². The van der Waals surface area contributed by atoms with E-state index in [-0.39, 0.29) is 11.8 Å². The third kappa shape index (κ3) is 4.88. The van der Waals surface area contributed by atoms with Crippen LogP contribution in [0.25, 0.3) is 5.57 Å². The monoisotopic (exact) mass is 412 g/mol. The van der Waals surface area contributed by atoms with Crippen LogP contribution in [0.3, 0.4) is 0 Å². The average molecular weight is 413 g/mol. The van der Waals surface area contributed by atoms with E-state index in [1.807, 2.05) is 31.2 Å². The molecule has 2 aliphatic rings. The zero-order chi connectivity index (χ0) is 21.7. The summed E-state index contributed by atoms with van der Waals surface area (Å²) in [4.78, 5) is 30.5. The van der Waals surface area contributed by atoms with Crippen molar-refractivity contribution in [3.8, 4) is 5.75 Å². The van der Waals surface area contributed by atoms with E-state index in [9.17, 15) is 9.59 Å². The molecule has 0 N–H and O–H groups in total. The van der Waals surface area contributed by atoms with E-state index in [0.29, 0.717) is 36.3 Å². The van der Waals surface area contributed by atoms with Gasteiger partial charge in [0.15, 0.2) is 0 Å². The van der Waals surface area contributed by atoms with Gasteiger partial charge in [0.2, 0.25) is 0 Å². The topological polar surface area (TPSA) is 49.9 Å². The number of likely N-dealkylation sites (tertiary alicyclic amines) is 1. The highest BCUT2D eigenvalue weighted by molar-refractivity contribution is 6.35. The molecule has 0 spiro atoms. The maximum atomic E-state index is 13.4. The van der Waals surface area contributed by atoms with Crippen molar-refractivity contribution in [3.63, 3.8) is 0 Å². The van der Waals surface area contributed by atoms with Crippen LogP contribution in [0.1, 0.15) is 65.4 Å². The number of rotatable bonds is 9. The molecule has 2 amide bonds. The van der Waals surface area contributed by atoms with Crippen molar-refractivity contribution in [2.45, 2.75) is 59.8 Å². The van der Waals surface area contributed by atoms with E-state index in [1.54, 1.807) is 0 Å². The van der Waals surface area contributed by atoms with Crippen molar-refractivity contribution < 1.29 is 14.3 Å². The lowest BCUT2D eigenvalue weighted by Crippen LogP contribution is -2.42. The summed E-state index contributed by atoms with van der Waals surface area (Å²) in [6.45, 7) is 11.3. The molecule has 1 saturated heterocycles. The first-order valence-electron chi connectivity index (χ1n) is 11.5. The summed E-state index contributed by atoms with van der Waals surface area (Å²) in [6, 6.07) is 7.57. The Kier molecular flexibility index (Phi) is 7.57. The lowest BCUT2D eigenvalue weighted by Gasteiger charge is -2.37. The van der Waals surface area contributed by atoms with Crippen LogP contribution in [0, 0.1) is 11.8 Å². The molecule has 0 aromatic heterocycles. The van der Waals surface area contributed by atoms with Gasteiger partial charge in [-0.05, 0) is 49.3 Å². The number of hydrogen-bond donors (Lipinski definition) is 0. The van der Waals surface area contributed by atoms with Crippen molar-refractivity contribution in [1.82, 2.24) is 9.80 Å². The van der Waals surface area contributed by atoms with Gasteiger partial charge < -0.3 is 9.64 Å². The molecule has 5 heteroatoms. The molecule has 2 atom stereocenters. The number of imide groups is 1. The Hall–Kier alpha value is -2.30. The molecule has 1 aromatic carbocycles. The van der Waals surface area contributed by atoms with Gasteiger partial charge in [-0.25, -0.2) is 0 Å². The van der Waals surface area contributed by atoms with Crippen molar-refractivity contribution in [2.24, 2.45) is 11.8 Å². The van der Waals surface area contributed by atoms with Crippen molar-refractivity contribution in [1.29, 1.82) is 0 Å². The van der Waals surface area contributed by atoms with Gasteiger partial charge in [0, 0.05) is 19.6 Å². The Morgan fingerprint density at radius 2 is 1.60 bits per heavy atom. The van der Waals surface area contributed by atoms with E-state index in [0.717, 1.165) is 56.5 Å². The quantitative estimate of drug-likeness (QED) is 0.435. The lowest BCUT2D eigenvalue weighted by atomic mass is 9.91. The van der Waals surface area contributed by atoms with Gasteiger partial charge in [0.1, 0.15) is 11.4 Å². The SMILES string of the molecule is CCCCCCN1C(=O)C(c2ccc(OCC)cc2)=C(N2CC(C)CC(C)C2)C1=O. The molecule has 2 unspecified atom stereocenters. The highest BCUT2D eigenvalue weighted by atomic mass is 16.5. The predicted molar refractivity (Wildman–Crippen MR) is 120 cm³/mol. The second kappa shape index (κ2) is 10.1. The highest BCUT2D eigenvalue weighted by Crippen LogP contribution is 2.35. The molecular formula is C25H36N2O3. The van der Waals surface area contributed by atoms with E-state index < -0.39 is 0 Å². The Morgan fingerprint density at radius 3 is 2.20 bits per heavy atom. The number of hydrogen-bond acceptors (Lipinski definition) is 4. The van der Waals surface area contributed by atoms with Gasteiger partial charge in [-0.15, -0.1) is 0 Å². The third-order valence-electron chi connectivity index (χ3n) is 6.02. The standard InChI is InChI=1S/C25H36N2O3/c1-5-7-8-9-14-27-24(28)22(20-10-12-21(13-11-20)30-6-2)23(25(27)29)26-16-18(3)15-19(4)17-26/h10-13,18-19H,5-9,14-17H2,1-4H3. The Bertz CT molecular complexity index is 774. The van der Waals surface area contributed by atoms with Gasteiger partial charge in [0.25, 0.3) is 11.8 Å². The normalized spacial score (nSPS) is 22.3. The zero-order valence-corrected chi connectivity index (χ0v) is 18.9. The number of nitrogens with zero attached hydrogens (tertiary/aromatic N) is 2. The fourth-order valence-corrected chi connectivity index (χ4v) is 4.75. The number of carbonyl (C=O) groups excluding carboxylic acids is 2. The molecular weight excluding hydrogens is 376 g/mol. The third-order valence-corrected chi connectivity index (χ3v) is 6.02. The molecule has 0 aliphatic carbocycles. The predicted octanol–water partition coefficient (Wildman–Crippen LogP) is 4.72. The summed E-state index contributed by atoms with van der Waals surface area (Å²) >= 11 is 0. The largest absolute Gasteiger partial charge is 0.494 e. The number of piperidine rings is 1. The number of amides is 2. The van der Waals surface area contributed by atoms with Crippen LogP contribution in [0.4, 0.5) is 0 Å². The molecule has 164 valence electrons. The van der Waals surface area contributed by atoms with Crippen LogP contribution >= 0.6 is 0 Å². The Balaban J connectivity index is 1.93. The van der Waals surface area contributed by atoms with Crippen LogP contribution in [0.2, 0.25) is 0 Å². The fraction of sp³-hybridized carbons (Fsp3) is 0.600. The van der Waals surface area contributed by atoms with E-state index in [4.69, 9.17) is 4.74 Å². The van der Waals surface area contributed by atoms with Crippen molar-refractivity contribution >= 4 is 17.4 Å². The number of unbranched alkanes of at least 4 members (excludes halogenated alkanes) is 3. The molecule has 1 aromatic rings. The van der Waals surface area contributed by atoms with Crippen molar-refractivity contribution in [2.75, 3.05) is 26.2 Å². The molecule has 5 nitrogen and oxygen atoms in total. The van der Waals surface area contributed by atoms with Crippen molar-refractivity contribution in [3.05, 3.63) is 35.5 Å². The lowest BCUT2D eigenvalue weighted by molar-refractivity contribution is -0.137. The molecule has 0 radical (unpaired) electrons. The Labute approximate surface area is 181 Å². The number of benzene rings is 1. The maximum Gasteiger partial charge on any atom is 0.277 e. The average Bonchev–Trinajstić information content (AvgIpc) is 2.96. The molecule has 2 aliphatic heterocycles. The molecule has 3 rings (SSSR count). The first-order valence-corrected chi connectivity index (χ1v) is 11.5. The molecule has 1 fully saturated rings. The summed E-state index contributed by atoms with van der Waals surface area (Å²) in [6.07, 6.45) is 5.32. The van der Waals surface area contributed by atoms with Crippen LogP contribution in [0.15, 0.2) is 30.0 Å². The molecule has 0 saturated carbocycles. The highest BCUT2D eigenvalue weighted by Gasteiger charge is 2.42.